The first kappa shape index (κ1) is 21.6. The summed E-state index contributed by atoms with van der Waals surface area (Å²) < 4.78 is 11.0. The second-order valence-electron chi connectivity index (χ2n) is 7.37. The molecule has 4 rings (SSSR count). The lowest BCUT2D eigenvalue weighted by molar-refractivity contribution is -0.131. The second-order valence-corrected chi connectivity index (χ2v) is 7.37. The van der Waals surface area contributed by atoms with Crippen LogP contribution in [0.15, 0.2) is 54.6 Å². The number of hydrogen-bond acceptors (Lipinski definition) is 6. The van der Waals surface area contributed by atoms with Crippen molar-refractivity contribution in [2.24, 2.45) is 11.5 Å². The quantitative estimate of drug-likeness (QED) is 0.133. The number of methoxy groups -OCH3 is 1. The van der Waals surface area contributed by atoms with Gasteiger partial charge in [-0.3, -0.25) is 15.6 Å². The van der Waals surface area contributed by atoms with Crippen LogP contribution in [0.3, 0.4) is 0 Å². The van der Waals surface area contributed by atoms with Gasteiger partial charge in [-0.25, -0.2) is 4.98 Å². The monoisotopic (exact) mass is 442 g/mol. The van der Waals surface area contributed by atoms with E-state index in [0.29, 0.717) is 33.8 Å². The zero-order valence-corrected chi connectivity index (χ0v) is 18.0. The Morgan fingerprint density at radius 1 is 0.939 bits per heavy atom. The predicted molar refractivity (Wildman–Crippen MR) is 127 cm³/mol. The molecule has 3 aromatic carbocycles. The van der Waals surface area contributed by atoms with E-state index >= 15 is 0 Å². The van der Waals surface area contributed by atoms with Gasteiger partial charge in [0.05, 0.1) is 23.7 Å². The molecule has 0 radical (unpaired) electrons. The predicted octanol–water partition coefficient (Wildman–Crippen LogP) is 3.40. The maximum atomic E-state index is 11.8. The number of aromatic amines is 1. The molecule has 0 saturated carbocycles. The van der Waals surface area contributed by atoms with E-state index in [4.69, 9.17) is 31.8 Å². The molecule has 0 unspecified atom stereocenters. The maximum absolute atomic E-state index is 11.8. The van der Waals surface area contributed by atoms with Crippen LogP contribution in [0.2, 0.25) is 0 Å². The lowest BCUT2D eigenvalue weighted by Crippen LogP contribution is -2.10. The average Bonchev–Trinajstić information content (AvgIpc) is 3.22. The van der Waals surface area contributed by atoms with E-state index in [0.717, 1.165) is 16.6 Å². The molecular formula is C24H22N6O3. The summed E-state index contributed by atoms with van der Waals surface area (Å²) in [6.45, 7) is 1.31. The highest BCUT2D eigenvalue weighted by molar-refractivity contribution is 5.98. The number of nitrogens with one attached hydrogen (secondary N) is 3. The first-order valence-corrected chi connectivity index (χ1v) is 9.96. The Balaban J connectivity index is 1.91. The Morgan fingerprint density at radius 3 is 2.21 bits per heavy atom. The number of imidazole rings is 1. The van der Waals surface area contributed by atoms with Crippen LogP contribution in [0.4, 0.5) is 0 Å². The van der Waals surface area contributed by atoms with E-state index < -0.39 is 5.97 Å². The summed E-state index contributed by atoms with van der Waals surface area (Å²) in [5.41, 5.74) is 15.8. The maximum Gasteiger partial charge on any atom is 0.308 e. The van der Waals surface area contributed by atoms with E-state index in [9.17, 15) is 4.79 Å². The lowest BCUT2D eigenvalue weighted by atomic mass is 10.00. The standard InChI is InChI=1S/C24H22N6O3/c1-12(31)33-21-17(24-29-18-8-7-15(23(27)28)10-19(18)30-24)9-16(11-20(21)32-2)13-3-5-14(6-4-13)22(25)26/h3-11H,1-2H3,(H3,25,26)(H3,27,28)(H,29,30). The molecule has 4 aromatic rings. The number of nitrogens with two attached hydrogens (primary N) is 2. The summed E-state index contributed by atoms with van der Waals surface area (Å²) in [6.07, 6.45) is 0. The number of ether oxygens (including phenoxy) is 2. The second kappa shape index (κ2) is 8.46. The SMILES string of the molecule is COc1cc(-c2ccc(C(=N)N)cc2)cc(-c2nc3cc(C(=N)N)ccc3[nH]2)c1OC(C)=O. The molecule has 0 aliphatic carbocycles. The number of aromatic nitrogens is 2. The van der Waals surface area contributed by atoms with Crippen LogP contribution < -0.4 is 20.9 Å². The Morgan fingerprint density at radius 2 is 1.61 bits per heavy atom. The van der Waals surface area contributed by atoms with Gasteiger partial charge in [0.2, 0.25) is 0 Å². The van der Waals surface area contributed by atoms with E-state index in [1.807, 2.05) is 18.2 Å². The van der Waals surface area contributed by atoms with Crippen LogP contribution in [0.1, 0.15) is 18.1 Å². The van der Waals surface area contributed by atoms with Gasteiger partial charge in [-0.1, -0.05) is 24.3 Å². The molecule has 33 heavy (non-hydrogen) atoms. The largest absolute Gasteiger partial charge is 0.493 e. The molecule has 0 aliphatic rings. The van der Waals surface area contributed by atoms with Crippen LogP contribution in [0.25, 0.3) is 33.5 Å². The van der Waals surface area contributed by atoms with Crippen molar-refractivity contribution in [3.05, 3.63) is 65.7 Å². The molecule has 0 amide bonds. The van der Waals surface area contributed by atoms with Crippen molar-refractivity contribution in [1.82, 2.24) is 9.97 Å². The summed E-state index contributed by atoms with van der Waals surface area (Å²) in [5, 5.41) is 15.2. The van der Waals surface area contributed by atoms with E-state index in [-0.39, 0.29) is 17.4 Å². The van der Waals surface area contributed by atoms with Crippen molar-refractivity contribution >= 4 is 28.7 Å². The van der Waals surface area contributed by atoms with Crippen LogP contribution in [0.5, 0.6) is 11.5 Å². The zero-order chi connectivity index (χ0) is 23.7. The number of fused-ring (bicyclic) bond motifs is 1. The number of nitrogens with zero attached hydrogens (tertiary/aromatic N) is 1. The Bertz CT molecular complexity index is 1410. The summed E-state index contributed by atoms with van der Waals surface area (Å²) in [4.78, 5) is 19.7. The first-order chi connectivity index (χ1) is 15.8. The third-order valence-corrected chi connectivity index (χ3v) is 5.10. The van der Waals surface area contributed by atoms with Crippen molar-refractivity contribution in [3.8, 4) is 34.0 Å². The van der Waals surface area contributed by atoms with Crippen LogP contribution in [0, 0.1) is 10.8 Å². The number of esters is 1. The third-order valence-electron chi connectivity index (χ3n) is 5.10. The van der Waals surface area contributed by atoms with Gasteiger partial charge in [0, 0.05) is 18.1 Å². The molecule has 0 aliphatic heterocycles. The van der Waals surface area contributed by atoms with E-state index in [1.165, 1.54) is 14.0 Å². The number of carbonyl (C=O) groups excluding carboxylic acids is 1. The summed E-state index contributed by atoms with van der Waals surface area (Å²) in [6, 6.07) is 16.0. The molecule has 7 N–H and O–H groups in total. The highest BCUT2D eigenvalue weighted by Gasteiger charge is 2.20. The molecule has 9 nitrogen and oxygen atoms in total. The fraction of sp³-hybridized carbons (Fsp3) is 0.0833. The molecule has 0 atom stereocenters. The first-order valence-electron chi connectivity index (χ1n) is 9.96. The van der Waals surface area contributed by atoms with Gasteiger partial charge in [-0.2, -0.15) is 0 Å². The van der Waals surface area contributed by atoms with Crippen molar-refractivity contribution in [1.29, 1.82) is 10.8 Å². The van der Waals surface area contributed by atoms with Gasteiger partial charge in [0.25, 0.3) is 0 Å². The summed E-state index contributed by atoms with van der Waals surface area (Å²) in [7, 11) is 1.49. The smallest absolute Gasteiger partial charge is 0.308 e. The van der Waals surface area contributed by atoms with Gasteiger partial charge in [-0.15, -0.1) is 0 Å². The van der Waals surface area contributed by atoms with Crippen molar-refractivity contribution in [3.63, 3.8) is 0 Å². The number of carbonyl (C=O) groups is 1. The number of nitrogen functional groups attached to an aromatic ring is 2. The molecule has 0 spiro atoms. The third kappa shape index (κ3) is 4.24. The van der Waals surface area contributed by atoms with E-state index in [1.54, 1.807) is 36.4 Å². The zero-order valence-electron chi connectivity index (χ0n) is 18.0. The van der Waals surface area contributed by atoms with Gasteiger partial charge >= 0.3 is 5.97 Å². The molecule has 1 aromatic heterocycles. The van der Waals surface area contributed by atoms with Gasteiger partial charge < -0.3 is 25.9 Å². The Labute approximate surface area is 189 Å². The molecule has 166 valence electrons. The highest BCUT2D eigenvalue weighted by Crippen LogP contribution is 2.42. The number of benzene rings is 3. The van der Waals surface area contributed by atoms with Gasteiger partial charge in [0.1, 0.15) is 17.5 Å². The molecule has 9 heteroatoms. The minimum Gasteiger partial charge on any atom is -0.493 e. The lowest BCUT2D eigenvalue weighted by Gasteiger charge is -2.15. The molecule has 1 heterocycles. The minimum absolute atomic E-state index is 0.0165. The number of amidine groups is 2. The summed E-state index contributed by atoms with van der Waals surface area (Å²) in [5.74, 6) is 0.487. The Hall–Kier alpha value is -4.66. The number of hydrogen-bond donors (Lipinski definition) is 5. The van der Waals surface area contributed by atoms with Crippen molar-refractivity contribution < 1.29 is 14.3 Å². The molecule has 0 fully saturated rings. The molecule has 0 bridgehead atoms. The van der Waals surface area contributed by atoms with Crippen molar-refractivity contribution in [2.45, 2.75) is 6.92 Å². The van der Waals surface area contributed by atoms with Gasteiger partial charge in [-0.05, 0) is 41.5 Å². The van der Waals surface area contributed by atoms with Crippen LogP contribution >= 0.6 is 0 Å². The topological polar surface area (TPSA) is 164 Å². The molecular weight excluding hydrogens is 420 g/mol. The highest BCUT2D eigenvalue weighted by atomic mass is 16.6. The van der Waals surface area contributed by atoms with Crippen molar-refractivity contribution in [2.75, 3.05) is 7.11 Å². The average molecular weight is 442 g/mol. The van der Waals surface area contributed by atoms with E-state index in [2.05, 4.69) is 9.97 Å². The van der Waals surface area contributed by atoms with Gasteiger partial charge in [0.15, 0.2) is 11.5 Å². The fourth-order valence-corrected chi connectivity index (χ4v) is 3.49. The summed E-state index contributed by atoms with van der Waals surface area (Å²) >= 11 is 0. The normalized spacial score (nSPS) is 10.7. The number of rotatable bonds is 6. The minimum atomic E-state index is -0.497. The van der Waals surface area contributed by atoms with Crippen LogP contribution in [-0.4, -0.2) is 34.7 Å². The Kier molecular flexibility index (Phi) is 5.53. The fourth-order valence-electron chi connectivity index (χ4n) is 3.49. The number of H-pyrrole nitrogens is 1. The van der Waals surface area contributed by atoms with Crippen LogP contribution in [-0.2, 0) is 4.79 Å². The molecule has 0 saturated heterocycles.